The van der Waals surface area contributed by atoms with Crippen LogP contribution in [0, 0.1) is 6.92 Å². The van der Waals surface area contributed by atoms with Crippen LogP contribution in [0.3, 0.4) is 0 Å². The number of nitrogens with zero attached hydrogens (tertiary/aromatic N) is 2. The topological polar surface area (TPSA) is 76.4 Å². The molecule has 1 atom stereocenters. The summed E-state index contributed by atoms with van der Waals surface area (Å²) >= 11 is 0. The number of aliphatic hydroxyl groups excluding tert-OH is 1. The third-order valence-electron chi connectivity index (χ3n) is 4.55. The number of anilines is 1. The molecule has 0 fully saturated rings. The maximum absolute atomic E-state index is 13.2. The summed E-state index contributed by atoms with van der Waals surface area (Å²) in [4.78, 5) is 17.8. The maximum Gasteiger partial charge on any atom is 0.268 e. The van der Waals surface area contributed by atoms with Crippen LogP contribution < -0.4 is 10.9 Å². The number of methoxy groups -OCH3 is 1. The fourth-order valence-electron chi connectivity index (χ4n) is 3.15. The number of para-hydroxylation sites is 1. The third kappa shape index (κ3) is 4.35. The standard InChI is InChI=1S/C21H25N3O3/c1-15-23-18-12-8-11-17(22-14-7-6-13-19(25)27-2)20(18)21(26)24(15)16-9-4-3-5-10-16/h3-5,8-12,19,22,25H,6-7,13-14H2,1-2H3. The molecule has 0 amide bonds. The smallest absolute Gasteiger partial charge is 0.268 e. The average Bonchev–Trinajstić information content (AvgIpc) is 2.68. The summed E-state index contributed by atoms with van der Waals surface area (Å²) in [6, 6.07) is 15.2. The Hall–Kier alpha value is -2.70. The van der Waals surface area contributed by atoms with Gasteiger partial charge in [-0.25, -0.2) is 4.98 Å². The fourth-order valence-corrected chi connectivity index (χ4v) is 3.15. The van der Waals surface area contributed by atoms with Gasteiger partial charge >= 0.3 is 0 Å². The van der Waals surface area contributed by atoms with Crippen molar-refractivity contribution >= 4 is 16.6 Å². The quantitative estimate of drug-likeness (QED) is 0.472. The lowest BCUT2D eigenvalue weighted by Gasteiger charge is -2.14. The second kappa shape index (κ2) is 8.79. The molecule has 3 rings (SSSR count). The van der Waals surface area contributed by atoms with Crippen LogP contribution in [0.25, 0.3) is 16.6 Å². The number of fused-ring (bicyclic) bond motifs is 1. The van der Waals surface area contributed by atoms with Crippen LogP contribution in [-0.2, 0) is 4.74 Å². The van der Waals surface area contributed by atoms with Gasteiger partial charge in [-0.05, 0) is 50.5 Å². The van der Waals surface area contributed by atoms with E-state index in [1.54, 1.807) is 4.57 Å². The first-order chi connectivity index (χ1) is 13.1. The van der Waals surface area contributed by atoms with E-state index in [0.717, 1.165) is 24.2 Å². The summed E-state index contributed by atoms with van der Waals surface area (Å²) in [5, 5.41) is 13.4. The van der Waals surface area contributed by atoms with Crippen LogP contribution in [0.1, 0.15) is 25.1 Å². The molecule has 0 radical (unpaired) electrons. The number of aliphatic hydroxyl groups is 1. The zero-order chi connectivity index (χ0) is 19.2. The lowest BCUT2D eigenvalue weighted by atomic mass is 10.1. The molecule has 2 aromatic carbocycles. The number of rotatable bonds is 8. The van der Waals surface area contributed by atoms with Crippen LogP contribution in [0.2, 0.25) is 0 Å². The number of ether oxygens (including phenoxy) is 1. The largest absolute Gasteiger partial charge is 0.384 e. The first-order valence-corrected chi connectivity index (χ1v) is 9.14. The summed E-state index contributed by atoms with van der Waals surface area (Å²) in [7, 11) is 1.49. The van der Waals surface area contributed by atoms with E-state index >= 15 is 0 Å². The first-order valence-electron chi connectivity index (χ1n) is 9.14. The molecule has 6 nitrogen and oxygen atoms in total. The van der Waals surface area contributed by atoms with Gasteiger partial charge in [0.2, 0.25) is 0 Å². The highest BCUT2D eigenvalue weighted by atomic mass is 16.6. The predicted octanol–water partition coefficient (Wildman–Crippen LogP) is 3.24. The van der Waals surface area contributed by atoms with E-state index in [0.29, 0.717) is 29.7 Å². The van der Waals surface area contributed by atoms with Crippen LogP contribution in [0.15, 0.2) is 53.3 Å². The molecule has 27 heavy (non-hydrogen) atoms. The molecule has 3 aromatic rings. The first kappa shape index (κ1) is 19.1. The Morgan fingerprint density at radius 1 is 1.15 bits per heavy atom. The number of hydrogen-bond donors (Lipinski definition) is 2. The van der Waals surface area contributed by atoms with Crippen molar-refractivity contribution in [1.82, 2.24) is 9.55 Å². The molecule has 0 bridgehead atoms. The van der Waals surface area contributed by atoms with Crippen LogP contribution >= 0.6 is 0 Å². The van der Waals surface area contributed by atoms with Crippen LogP contribution in [-0.4, -0.2) is 34.6 Å². The Balaban J connectivity index is 1.88. The molecule has 0 saturated heterocycles. The van der Waals surface area contributed by atoms with E-state index in [4.69, 9.17) is 4.74 Å². The second-order valence-electron chi connectivity index (χ2n) is 6.45. The van der Waals surface area contributed by atoms with E-state index < -0.39 is 6.29 Å². The summed E-state index contributed by atoms with van der Waals surface area (Å²) in [6.45, 7) is 2.54. The van der Waals surface area contributed by atoms with Crippen molar-refractivity contribution in [3.05, 3.63) is 64.7 Å². The molecule has 0 aliphatic heterocycles. The predicted molar refractivity (Wildman–Crippen MR) is 107 cm³/mol. The van der Waals surface area contributed by atoms with Crippen molar-refractivity contribution in [2.24, 2.45) is 0 Å². The number of aromatic nitrogens is 2. The van der Waals surface area contributed by atoms with Crippen LogP contribution in [0.5, 0.6) is 0 Å². The number of nitrogens with one attached hydrogen (secondary N) is 1. The fraction of sp³-hybridized carbons (Fsp3) is 0.333. The lowest BCUT2D eigenvalue weighted by molar-refractivity contribution is -0.0791. The summed E-state index contributed by atoms with van der Waals surface area (Å²) in [6.07, 6.45) is 1.57. The van der Waals surface area contributed by atoms with Gasteiger partial charge in [-0.3, -0.25) is 9.36 Å². The molecule has 1 aromatic heterocycles. The Morgan fingerprint density at radius 2 is 1.93 bits per heavy atom. The molecule has 0 aliphatic carbocycles. The zero-order valence-electron chi connectivity index (χ0n) is 15.7. The highest BCUT2D eigenvalue weighted by Gasteiger charge is 2.13. The van der Waals surface area contributed by atoms with Crippen LogP contribution in [0.4, 0.5) is 5.69 Å². The Morgan fingerprint density at radius 3 is 2.67 bits per heavy atom. The van der Waals surface area contributed by atoms with Gasteiger partial charge < -0.3 is 15.2 Å². The van der Waals surface area contributed by atoms with Crippen molar-refractivity contribution in [2.75, 3.05) is 19.0 Å². The Kier molecular flexibility index (Phi) is 6.21. The molecule has 2 N–H and O–H groups in total. The maximum atomic E-state index is 13.2. The molecule has 0 aliphatic rings. The number of unbranched alkanes of at least 4 members (excludes halogenated alkanes) is 1. The summed E-state index contributed by atoms with van der Waals surface area (Å²) in [5.74, 6) is 0.657. The van der Waals surface area contributed by atoms with E-state index in [1.807, 2.05) is 55.5 Å². The zero-order valence-corrected chi connectivity index (χ0v) is 15.7. The molecule has 1 unspecified atom stereocenters. The van der Waals surface area contributed by atoms with Crippen molar-refractivity contribution in [3.8, 4) is 5.69 Å². The van der Waals surface area contributed by atoms with E-state index in [2.05, 4.69) is 10.3 Å². The number of benzene rings is 2. The third-order valence-corrected chi connectivity index (χ3v) is 4.55. The Labute approximate surface area is 158 Å². The molecule has 1 heterocycles. The number of hydrogen-bond acceptors (Lipinski definition) is 5. The van der Waals surface area contributed by atoms with Crippen molar-refractivity contribution in [1.29, 1.82) is 0 Å². The molecule has 142 valence electrons. The van der Waals surface area contributed by atoms with Gasteiger partial charge in [0.1, 0.15) is 5.82 Å². The van der Waals surface area contributed by atoms with E-state index in [9.17, 15) is 9.90 Å². The molecular weight excluding hydrogens is 342 g/mol. The van der Waals surface area contributed by atoms with Gasteiger partial charge in [-0.1, -0.05) is 24.3 Å². The van der Waals surface area contributed by atoms with E-state index in [1.165, 1.54) is 7.11 Å². The molecule has 6 heteroatoms. The average molecular weight is 367 g/mol. The van der Waals surface area contributed by atoms with Crippen molar-refractivity contribution in [2.45, 2.75) is 32.5 Å². The highest BCUT2D eigenvalue weighted by Crippen LogP contribution is 2.20. The summed E-state index contributed by atoms with van der Waals surface area (Å²) in [5.41, 5.74) is 2.19. The van der Waals surface area contributed by atoms with Gasteiger partial charge in [0, 0.05) is 19.3 Å². The van der Waals surface area contributed by atoms with Crippen molar-refractivity contribution in [3.63, 3.8) is 0 Å². The van der Waals surface area contributed by atoms with E-state index in [-0.39, 0.29) is 5.56 Å². The SMILES string of the molecule is COC(O)CCCCNc1cccc2nc(C)n(-c3ccccc3)c(=O)c12. The number of aryl methyl sites for hydroxylation is 1. The van der Waals surface area contributed by atoms with Gasteiger partial charge in [0.05, 0.1) is 16.6 Å². The minimum atomic E-state index is -0.715. The Bertz CT molecular complexity index is 954. The minimum absolute atomic E-state index is 0.0818. The summed E-state index contributed by atoms with van der Waals surface area (Å²) < 4.78 is 6.48. The van der Waals surface area contributed by atoms with Gasteiger partial charge in [-0.15, -0.1) is 0 Å². The van der Waals surface area contributed by atoms with Gasteiger partial charge in [-0.2, -0.15) is 0 Å². The highest BCUT2D eigenvalue weighted by molar-refractivity contribution is 5.90. The normalized spacial score (nSPS) is 12.3. The molecule has 0 spiro atoms. The van der Waals surface area contributed by atoms with Gasteiger partial charge in [0.15, 0.2) is 6.29 Å². The van der Waals surface area contributed by atoms with Crippen molar-refractivity contribution < 1.29 is 9.84 Å². The lowest BCUT2D eigenvalue weighted by Crippen LogP contribution is -2.23. The second-order valence-corrected chi connectivity index (χ2v) is 6.45. The molecular formula is C21H25N3O3. The molecule has 0 saturated carbocycles. The minimum Gasteiger partial charge on any atom is -0.384 e. The monoisotopic (exact) mass is 367 g/mol. The van der Waals surface area contributed by atoms with Gasteiger partial charge in [0.25, 0.3) is 5.56 Å².